The summed E-state index contributed by atoms with van der Waals surface area (Å²) in [6.07, 6.45) is 1.30. The molecule has 1 aromatic carbocycles. The van der Waals surface area contributed by atoms with Gasteiger partial charge in [0.25, 0.3) is 0 Å². The monoisotopic (exact) mass is 235 g/mol. The van der Waals surface area contributed by atoms with Crippen molar-refractivity contribution in [2.75, 3.05) is 6.61 Å². The fourth-order valence-electron chi connectivity index (χ4n) is 1.31. The summed E-state index contributed by atoms with van der Waals surface area (Å²) >= 11 is 0. The predicted octanol–water partition coefficient (Wildman–Crippen LogP) is 2.76. The van der Waals surface area contributed by atoms with Crippen molar-refractivity contribution in [1.82, 2.24) is 5.32 Å². The molecule has 0 aliphatic rings. The smallest absolute Gasteiger partial charge is 0.223 e. The minimum absolute atomic E-state index is 0.0350. The maximum absolute atomic E-state index is 11.6. The Hall–Kier alpha value is -1.51. The molecule has 0 unspecified atom stereocenters. The standard InChI is InChI=1S/C14H21NO2/c1-4-14(2,3)15-13(16)10-11-17-12-8-6-5-7-9-12/h5-9H,4,10-11H2,1-3H3,(H,15,16). The van der Waals surface area contributed by atoms with Crippen molar-refractivity contribution in [3.8, 4) is 5.75 Å². The van der Waals surface area contributed by atoms with Crippen molar-refractivity contribution in [2.24, 2.45) is 0 Å². The van der Waals surface area contributed by atoms with Crippen molar-refractivity contribution in [3.63, 3.8) is 0 Å². The summed E-state index contributed by atoms with van der Waals surface area (Å²) in [4.78, 5) is 11.6. The van der Waals surface area contributed by atoms with Gasteiger partial charge in [-0.3, -0.25) is 4.79 Å². The van der Waals surface area contributed by atoms with Crippen LogP contribution in [0.5, 0.6) is 5.75 Å². The van der Waals surface area contributed by atoms with Crippen LogP contribution in [0.25, 0.3) is 0 Å². The van der Waals surface area contributed by atoms with Crippen molar-refractivity contribution in [1.29, 1.82) is 0 Å². The molecule has 1 rings (SSSR count). The van der Waals surface area contributed by atoms with Gasteiger partial charge in [-0.2, -0.15) is 0 Å². The highest BCUT2D eigenvalue weighted by molar-refractivity contribution is 5.76. The van der Waals surface area contributed by atoms with Crippen LogP contribution in [-0.4, -0.2) is 18.1 Å². The number of hydrogen-bond donors (Lipinski definition) is 1. The van der Waals surface area contributed by atoms with Gasteiger partial charge in [0.05, 0.1) is 13.0 Å². The van der Waals surface area contributed by atoms with Crippen LogP contribution in [0.3, 0.4) is 0 Å². The first-order valence-corrected chi connectivity index (χ1v) is 6.02. The molecule has 0 heterocycles. The molecule has 0 radical (unpaired) electrons. The summed E-state index contributed by atoms with van der Waals surface area (Å²) in [5, 5.41) is 2.97. The van der Waals surface area contributed by atoms with E-state index < -0.39 is 0 Å². The molecule has 0 saturated carbocycles. The van der Waals surface area contributed by atoms with E-state index in [-0.39, 0.29) is 11.4 Å². The second-order valence-corrected chi connectivity index (χ2v) is 4.70. The fourth-order valence-corrected chi connectivity index (χ4v) is 1.31. The molecule has 0 aromatic heterocycles. The SMILES string of the molecule is CCC(C)(C)NC(=O)CCOc1ccccc1. The fraction of sp³-hybridized carbons (Fsp3) is 0.500. The van der Waals surface area contributed by atoms with Crippen LogP contribution in [0.1, 0.15) is 33.6 Å². The summed E-state index contributed by atoms with van der Waals surface area (Å²) < 4.78 is 5.46. The molecule has 0 spiro atoms. The van der Waals surface area contributed by atoms with Gasteiger partial charge in [-0.05, 0) is 32.4 Å². The van der Waals surface area contributed by atoms with Crippen LogP contribution >= 0.6 is 0 Å². The minimum Gasteiger partial charge on any atom is -0.493 e. The molecule has 0 bridgehead atoms. The van der Waals surface area contributed by atoms with Gasteiger partial charge >= 0.3 is 0 Å². The Morgan fingerprint density at radius 1 is 1.29 bits per heavy atom. The average Bonchev–Trinajstić information content (AvgIpc) is 2.30. The quantitative estimate of drug-likeness (QED) is 0.823. The summed E-state index contributed by atoms with van der Waals surface area (Å²) in [5.74, 6) is 0.836. The zero-order valence-electron chi connectivity index (χ0n) is 10.8. The first-order valence-electron chi connectivity index (χ1n) is 6.02. The number of benzene rings is 1. The zero-order valence-corrected chi connectivity index (χ0v) is 10.8. The van der Waals surface area contributed by atoms with Gasteiger partial charge in [0, 0.05) is 5.54 Å². The first kappa shape index (κ1) is 13.6. The Labute approximate surface area is 103 Å². The van der Waals surface area contributed by atoms with E-state index in [1.165, 1.54) is 0 Å². The van der Waals surface area contributed by atoms with Crippen LogP contribution < -0.4 is 10.1 Å². The lowest BCUT2D eigenvalue weighted by Gasteiger charge is -2.24. The van der Waals surface area contributed by atoms with Gasteiger partial charge in [-0.1, -0.05) is 25.1 Å². The van der Waals surface area contributed by atoms with Gasteiger partial charge in [0.2, 0.25) is 5.91 Å². The number of ether oxygens (including phenoxy) is 1. The molecule has 3 nitrogen and oxygen atoms in total. The predicted molar refractivity (Wildman–Crippen MR) is 69.1 cm³/mol. The van der Waals surface area contributed by atoms with Crippen LogP contribution in [0.15, 0.2) is 30.3 Å². The van der Waals surface area contributed by atoms with E-state index in [4.69, 9.17) is 4.74 Å². The third-order valence-electron chi connectivity index (χ3n) is 2.70. The number of nitrogens with one attached hydrogen (secondary N) is 1. The van der Waals surface area contributed by atoms with Crippen LogP contribution in [0.2, 0.25) is 0 Å². The molecule has 1 N–H and O–H groups in total. The van der Waals surface area contributed by atoms with Gasteiger partial charge in [0.15, 0.2) is 0 Å². The van der Waals surface area contributed by atoms with Crippen molar-refractivity contribution in [3.05, 3.63) is 30.3 Å². The van der Waals surface area contributed by atoms with Crippen LogP contribution in [0, 0.1) is 0 Å². The number of para-hydroxylation sites is 1. The highest BCUT2D eigenvalue weighted by atomic mass is 16.5. The number of amides is 1. The maximum Gasteiger partial charge on any atom is 0.223 e. The molecule has 17 heavy (non-hydrogen) atoms. The highest BCUT2D eigenvalue weighted by Crippen LogP contribution is 2.09. The van der Waals surface area contributed by atoms with E-state index in [1.54, 1.807) is 0 Å². The molecular weight excluding hydrogens is 214 g/mol. The van der Waals surface area contributed by atoms with E-state index >= 15 is 0 Å². The normalized spacial score (nSPS) is 11.0. The minimum atomic E-state index is -0.135. The number of carbonyl (C=O) groups is 1. The number of hydrogen-bond acceptors (Lipinski definition) is 2. The molecule has 94 valence electrons. The van der Waals surface area contributed by atoms with Gasteiger partial charge in [0.1, 0.15) is 5.75 Å². The molecule has 0 atom stereocenters. The Balaban J connectivity index is 2.25. The van der Waals surface area contributed by atoms with Crippen LogP contribution in [0.4, 0.5) is 0 Å². The third-order valence-corrected chi connectivity index (χ3v) is 2.70. The molecule has 0 aliphatic carbocycles. The van der Waals surface area contributed by atoms with Crippen molar-refractivity contribution < 1.29 is 9.53 Å². The largest absolute Gasteiger partial charge is 0.493 e. The van der Waals surface area contributed by atoms with E-state index in [9.17, 15) is 4.79 Å². The molecule has 0 aliphatic heterocycles. The maximum atomic E-state index is 11.6. The molecule has 3 heteroatoms. The number of carbonyl (C=O) groups excluding carboxylic acids is 1. The molecule has 1 amide bonds. The van der Waals surface area contributed by atoms with E-state index in [0.717, 1.165) is 12.2 Å². The number of rotatable bonds is 6. The molecule has 0 fully saturated rings. The zero-order chi connectivity index (χ0) is 12.7. The second kappa shape index (κ2) is 6.28. The first-order chi connectivity index (χ1) is 8.03. The Bertz CT molecular complexity index is 346. The van der Waals surface area contributed by atoms with E-state index in [2.05, 4.69) is 12.2 Å². The topological polar surface area (TPSA) is 38.3 Å². The van der Waals surface area contributed by atoms with Gasteiger partial charge < -0.3 is 10.1 Å². The second-order valence-electron chi connectivity index (χ2n) is 4.70. The average molecular weight is 235 g/mol. The highest BCUT2D eigenvalue weighted by Gasteiger charge is 2.17. The molecule has 1 aromatic rings. The van der Waals surface area contributed by atoms with Crippen molar-refractivity contribution >= 4 is 5.91 Å². The summed E-state index contributed by atoms with van der Waals surface area (Å²) in [6, 6.07) is 9.52. The molecular formula is C14H21NO2. The van der Waals surface area contributed by atoms with Crippen LogP contribution in [-0.2, 0) is 4.79 Å². The summed E-state index contributed by atoms with van der Waals surface area (Å²) in [6.45, 7) is 6.50. The summed E-state index contributed by atoms with van der Waals surface area (Å²) in [7, 11) is 0. The third kappa shape index (κ3) is 5.38. The van der Waals surface area contributed by atoms with E-state index in [1.807, 2.05) is 44.2 Å². The van der Waals surface area contributed by atoms with E-state index in [0.29, 0.717) is 13.0 Å². The Morgan fingerprint density at radius 2 is 1.94 bits per heavy atom. The summed E-state index contributed by atoms with van der Waals surface area (Å²) in [5.41, 5.74) is -0.135. The lowest BCUT2D eigenvalue weighted by atomic mass is 10.0. The Kier molecular flexibility index (Phi) is 5.01. The van der Waals surface area contributed by atoms with Gasteiger partial charge in [-0.25, -0.2) is 0 Å². The molecule has 0 saturated heterocycles. The van der Waals surface area contributed by atoms with Crippen molar-refractivity contribution in [2.45, 2.75) is 39.2 Å². The lowest BCUT2D eigenvalue weighted by Crippen LogP contribution is -2.43. The lowest BCUT2D eigenvalue weighted by molar-refractivity contribution is -0.123. The van der Waals surface area contributed by atoms with Gasteiger partial charge in [-0.15, -0.1) is 0 Å². The Morgan fingerprint density at radius 3 is 2.53 bits per heavy atom.